The molecule has 0 spiro atoms. The Balaban J connectivity index is 1.19. The molecule has 9 nitrogen and oxygen atoms in total. The van der Waals surface area contributed by atoms with E-state index in [4.69, 9.17) is 0 Å². The van der Waals surface area contributed by atoms with Crippen LogP contribution in [0.3, 0.4) is 0 Å². The van der Waals surface area contributed by atoms with Crippen LogP contribution in [0.2, 0.25) is 0 Å². The predicted octanol–water partition coefficient (Wildman–Crippen LogP) is 9.90. The van der Waals surface area contributed by atoms with E-state index in [1.165, 1.54) is 36.1 Å². The summed E-state index contributed by atoms with van der Waals surface area (Å²) in [6, 6.07) is 51.2. The van der Waals surface area contributed by atoms with Crippen LogP contribution in [-0.2, 0) is 0 Å². The van der Waals surface area contributed by atoms with Gasteiger partial charge < -0.3 is 14.0 Å². The van der Waals surface area contributed by atoms with Crippen molar-refractivity contribution in [3.8, 4) is 34.2 Å². The number of aromatic nitrogens is 8. The van der Waals surface area contributed by atoms with Crippen molar-refractivity contribution < 1.29 is 0 Å². The number of fused-ring (bicyclic) bond motifs is 5. The van der Waals surface area contributed by atoms with Gasteiger partial charge in [0, 0.05) is 61.9 Å². The summed E-state index contributed by atoms with van der Waals surface area (Å²) in [5, 5.41) is 3.50. The van der Waals surface area contributed by atoms with E-state index in [-0.39, 0.29) is 0 Å². The zero-order valence-electron chi connectivity index (χ0n) is 28.3. The fourth-order valence-electron chi connectivity index (χ4n) is 7.24. The molecule has 4 aromatic heterocycles. The summed E-state index contributed by atoms with van der Waals surface area (Å²) < 4.78 is 4.69. The third-order valence-electron chi connectivity index (χ3n) is 9.62. The van der Waals surface area contributed by atoms with Crippen molar-refractivity contribution in [2.24, 2.45) is 0 Å². The van der Waals surface area contributed by atoms with Gasteiger partial charge in [0.25, 0.3) is 0 Å². The zero-order chi connectivity index (χ0) is 35.1. The van der Waals surface area contributed by atoms with E-state index in [1.807, 2.05) is 24.3 Å². The Labute approximate surface area is 304 Å². The summed E-state index contributed by atoms with van der Waals surface area (Å²) in [7, 11) is 0. The van der Waals surface area contributed by atoms with Crippen LogP contribution >= 0.6 is 0 Å². The molecule has 0 bridgehead atoms. The van der Waals surface area contributed by atoms with E-state index >= 15 is 0 Å². The molecule has 0 fully saturated rings. The minimum atomic E-state index is 0.626. The van der Waals surface area contributed by atoms with Gasteiger partial charge in [0.2, 0.25) is 0 Å². The first kappa shape index (κ1) is 30.3. The molecule has 0 saturated heterocycles. The smallest absolute Gasteiger partial charge is 0.162 e. The maximum absolute atomic E-state index is 4.36. The maximum Gasteiger partial charge on any atom is 0.162 e. The number of para-hydroxylation sites is 2. The van der Waals surface area contributed by atoms with Gasteiger partial charge in [-0.15, -0.1) is 0 Å². The van der Waals surface area contributed by atoms with Crippen LogP contribution in [0.5, 0.6) is 0 Å². The SMILES string of the molecule is c1ccc(-n2ccc3ccc4c5cc(N(c6ccc(-c7ncncn7)cc6)c6ccc(-c7ncncn7)cc6)ccc5n(-c5ccccc5)c4c32)cc1. The van der Waals surface area contributed by atoms with Crippen molar-refractivity contribution in [1.29, 1.82) is 0 Å². The van der Waals surface area contributed by atoms with E-state index in [2.05, 4.69) is 171 Å². The highest BCUT2D eigenvalue weighted by molar-refractivity contribution is 6.19. The van der Waals surface area contributed by atoms with Crippen LogP contribution in [-0.4, -0.2) is 39.0 Å². The average molecular weight is 684 g/mol. The highest BCUT2D eigenvalue weighted by atomic mass is 15.1. The molecule has 0 N–H and O–H groups in total. The van der Waals surface area contributed by atoms with E-state index in [0.29, 0.717) is 11.6 Å². The molecule has 4 heterocycles. The Morgan fingerprint density at radius 2 is 0.981 bits per heavy atom. The minimum absolute atomic E-state index is 0.626. The summed E-state index contributed by atoms with van der Waals surface area (Å²) in [6.45, 7) is 0. The minimum Gasteiger partial charge on any atom is -0.315 e. The van der Waals surface area contributed by atoms with E-state index < -0.39 is 0 Å². The van der Waals surface area contributed by atoms with Crippen LogP contribution in [0.1, 0.15) is 0 Å². The van der Waals surface area contributed by atoms with Crippen LogP contribution in [0.25, 0.3) is 66.9 Å². The Morgan fingerprint density at radius 1 is 0.434 bits per heavy atom. The Bertz CT molecular complexity index is 2770. The summed E-state index contributed by atoms with van der Waals surface area (Å²) in [5.41, 5.74) is 10.5. The lowest BCUT2D eigenvalue weighted by Crippen LogP contribution is -2.10. The molecule has 10 aromatic rings. The van der Waals surface area contributed by atoms with E-state index in [0.717, 1.165) is 61.5 Å². The summed E-state index contributed by atoms with van der Waals surface area (Å²) in [5.74, 6) is 1.25. The van der Waals surface area contributed by atoms with Gasteiger partial charge in [-0.25, -0.2) is 29.9 Å². The summed E-state index contributed by atoms with van der Waals surface area (Å²) in [4.78, 5) is 27.7. The van der Waals surface area contributed by atoms with E-state index in [1.54, 1.807) is 0 Å². The number of nitrogens with zero attached hydrogens (tertiary/aromatic N) is 9. The molecule has 0 saturated carbocycles. The molecule has 6 aromatic carbocycles. The first-order chi connectivity index (χ1) is 26.3. The molecule has 10 rings (SSSR count). The highest BCUT2D eigenvalue weighted by Crippen LogP contribution is 2.42. The van der Waals surface area contributed by atoms with Crippen molar-refractivity contribution in [2.45, 2.75) is 0 Å². The maximum atomic E-state index is 4.36. The van der Waals surface area contributed by atoms with Crippen molar-refractivity contribution in [3.05, 3.63) is 177 Å². The molecule has 53 heavy (non-hydrogen) atoms. The second-order valence-electron chi connectivity index (χ2n) is 12.6. The molecular weight excluding hydrogens is 655 g/mol. The molecular formula is C44H29N9. The lowest BCUT2D eigenvalue weighted by atomic mass is 10.1. The van der Waals surface area contributed by atoms with Gasteiger partial charge in [-0.05, 0) is 97.1 Å². The first-order valence-corrected chi connectivity index (χ1v) is 17.2. The molecule has 0 aliphatic heterocycles. The molecule has 0 aliphatic rings. The van der Waals surface area contributed by atoms with Gasteiger partial charge >= 0.3 is 0 Å². The lowest BCUT2D eigenvalue weighted by Gasteiger charge is -2.26. The largest absolute Gasteiger partial charge is 0.315 e. The zero-order valence-corrected chi connectivity index (χ0v) is 28.3. The van der Waals surface area contributed by atoms with Crippen LogP contribution in [0.15, 0.2) is 177 Å². The summed E-state index contributed by atoms with van der Waals surface area (Å²) >= 11 is 0. The van der Waals surface area contributed by atoms with Crippen molar-refractivity contribution in [2.75, 3.05) is 4.90 Å². The molecule has 250 valence electrons. The standard InChI is InChI=1S/C44H29N9/c1-3-7-33(8-4-1)51-24-23-30-15-21-38-39-25-37(20-22-40(39)53(42(38)41(30)51)34-9-5-2-6-10-34)52(35-16-11-31(12-17-35)43-47-26-45-27-48-43)36-18-13-32(14-19-36)44-49-28-46-29-50-44/h1-29H. The molecule has 9 heteroatoms. The predicted molar refractivity (Wildman–Crippen MR) is 210 cm³/mol. The first-order valence-electron chi connectivity index (χ1n) is 17.2. The van der Waals surface area contributed by atoms with Gasteiger partial charge in [0.1, 0.15) is 25.3 Å². The average Bonchev–Trinajstić information content (AvgIpc) is 3.82. The number of rotatable bonds is 7. The second kappa shape index (κ2) is 12.7. The molecule has 0 amide bonds. The number of benzene rings is 6. The van der Waals surface area contributed by atoms with E-state index in [9.17, 15) is 0 Å². The molecule has 0 radical (unpaired) electrons. The molecule has 0 unspecified atom stereocenters. The number of anilines is 3. The number of hydrogen-bond donors (Lipinski definition) is 0. The van der Waals surface area contributed by atoms with Crippen LogP contribution in [0.4, 0.5) is 17.1 Å². The van der Waals surface area contributed by atoms with Gasteiger partial charge in [-0.3, -0.25) is 0 Å². The highest BCUT2D eigenvalue weighted by Gasteiger charge is 2.21. The van der Waals surface area contributed by atoms with Gasteiger partial charge in [0.05, 0.1) is 16.6 Å². The normalized spacial score (nSPS) is 11.4. The quantitative estimate of drug-likeness (QED) is 0.165. The second-order valence-corrected chi connectivity index (χ2v) is 12.6. The van der Waals surface area contributed by atoms with Gasteiger partial charge in [0.15, 0.2) is 11.6 Å². The third-order valence-corrected chi connectivity index (χ3v) is 9.62. The van der Waals surface area contributed by atoms with Crippen LogP contribution < -0.4 is 4.90 Å². The van der Waals surface area contributed by atoms with Crippen molar-refractivity contribution in [1.82, 2.24) is 39.0 Å². The lowest BCUT2D eigenvalue weighted by molar-refractivity contribution is 1.06. The molecule has 0 aliphatic carbocycles. The van der Waals surface area contributed by atoms with Crippen molar-refractivity contribution >= 4 is 49.8 Å². The Morgan fingerprint density at radius 3 is 1.57 bits per heavy atom. The summed E-state index contributed by atoms with van der Waals surface area (Å²) in [6.07, 6.45) is 8.23. The fraction of sp³-hybridized carbons (Fsp3) is 0. The topological polar surface area (TPSA) is 90.4 Å². The Kier molecular flexibility index (Phi) is 7.25. The monoisotopic (exact) mass is 683 g/mol. The van der Waals surface area contributed by atoms with Gasteiger partial charge in [-0.2, -0.15) is 0 Å². The van der Waals surface area contributed by atoms with Gasteiger partial charge in [-0.1, -0.05) is 48.5 Å². The van der Waals surface area contributed by atoms with Crippen LogP contribution in [0, 0.1) is 0 Å². The van der Waals surface area contributed by atoms with Crippen molar-refractivity contribution in [3.63, 3.8) is 0 Å². The third kappa shape index (κ3) is 5.26. The number of hydrogen-bond acceptors (Lipinski definition) is 7. The molecule has 0 atom stereocenters. The fourth-order valence-corrected chi connectivity index (χ4v) is 7.24. The Hall–Kier alpha value is -7.52.